The third-order valence-corrected chi connectivity index (χ3v) is 5.78. The molecule has 0 aliphatic carbocycles. The summed E-state index contributed by atoms with van der Waals surface area (Å²) in [6, 6.07) is 4.97. The van der Waals surface area contributed by atoms with Crippen LogP contribution >= 0.6 is 0 Å². The van der Waals surface area contributed by atoms with E-state index in [0.29, 0.717) is 36.2 Å². The number of rotatable bonds is 5. The van der Waals surface area contributed by atoms with Gasteiger partial charge in [0.2, 0.25) is 0 Å². The van der Waals surface area contributed by atoms with Crippen LogP contribution in [0.5, 0.6) is 0 Å². The minimum Gasteiger partial charge on any atom is -0.368 e. The van der Waals surface area contributed by atoms with Crippen molar-refractivity contribution >= 4 is 11.7 Å². The fourth-order valence-corrected chi connectivity index (χ4v) is 3.99. The van der Waals surface area contributed by atoms with Crippen molar-refractivity contribution in [1.29, 1.82) is 0 Å². The molecule has 12 heteroatoms. The predicted molar refractivity (Wildman–Crippen MR) is 114 cm³/mol. The topological polar surface area (TPSA) is 109 Å². The molecule has 3 aromatic rings. The Hall–Kier alpha value is -3.67. The molecule has 3 aromatic heterocycles. The number of piperidine rings is 1. The molecular weight excluding hydrogens is 451 g/mol. The zero-order valence-corrected chi connectivity index (χ0v) is 18.0. The van der Waals surface area contributed by atoms with Crippen LogP contribution in [0.3, 0.4) is 0 Å². The van der Waals surface area contributed by atoms with Crippen molar-refractivity contribution in [2.75, 3.05) is 18.4 Å². The summed E-state index contributed by atoms with van der Waals surface area (Å²) >= 11 is 0. The summed E-state index contributed by atoms with van der Waals surface area (Å²) in [5, 5.41) is 2.99. The summed E-state index contributed by atoms with van der Waals surface area (Å²) in [4.78, 5) is 35.6. The fourth-order valence-electron chi connectivity index (χ4n) is 3.99. The van der Waals surface area contributed by atoms with Gasteiger partial charge in [0.05, 0.1) is 36.6 Å². The van der Waals surface area contributed by atoms with Gasteiger partial charge in [-0.15, -0.1) is 0 Å². The van der Waals surface area contributed by atoms with E-state index >= 15 is 0 Å². The van der Waals surface area contributed by atoms with Crippen molar-refractivity contribution in [3.63, 3.8) is 0 Å². The van der Waals surface area contributed by atoms with Crippen LogP contribution in [0.25, 0.3) is 11.4 Å². The van der Waals surface area contributed by atoms with Gasteiger partial charge in [0, 0.05) is 24.6 Å². The van der Waals surface area contributed by atoms with Crippen LogP contribution in [0.2, 0.25) is 0 Å². The Kier molecular flexibility index (Phi) is 5.60. The van der Waals surface area contributed by atoms with E-state index in [-0.39, 0.29) is 42.2 Å². The van der Waals surface area contributed by atoms with Crippen LogP contribution in [0.1, 0.15) is 28.3 Å². The van der Waals surface area contributed by atoms with Crippen LogP contribution in [-0.2, 0) is 10.9 Å². The number of nitrogens with zero attached hydrogens (tertiary/aromatic N) is 6. The Labute approximate surface area is 192 Å². The number of pyridine rings is 1. The standard InChI is InChI=1S/C22H20F3N7O2/c1-12-3-4-14(20-26-5-2-6-27-20)19(31-12)21(33)32-11-16-15(34-16)7-13(32)8-29-18-10-28-17(9-30-18)22(23,24)25/h2-6,9-10,13,15-16H,7-8,11H2,1H3,(H,29,30). The van der Waals surface area contributed by atoms with Gasteiger partial charge in [0.15, 0.2) is 11.5 Å². The van der Waals surface area contributed by atoms with Gasteiger partial charge < -0.3 is 15.0 Å². The van der Waals surface area contributed by atoms with E-state index in [1.807, 2.05) is 0 Å². The average Bonchev–Trinajstić information content (AvgIpc) is 3.60. The van der Waals surface area contributed by atoms with Gasteiger partial charge in [-0.05, 0) is 31.5 Å². The molecule has 2 aliphatic heterocycles. The summed E-state index contributed by atoms with van der Waals surface area (Å²) in [5.74, 6) is 0.294. The molecule has 34 heavy (non-hydrogen) atoms. The lowest BCUT2D eigenvalue weighted by atomic mass is 10.0. The maximum atomic E-state index is 13.7. The Morgan fingerprint density at radius 1 is 1.15 bits per heavy atom. The lowest BCUT2D eigenvalue weighted by molar-refractivity contribution is -0.141. The molecule has 3 atom stereocenters. The number of alkyl halides is 3. The molecule has 2 aliphatic rings. The zero-order valence-electron chi connectivity index (χ0n) is 18.0. The van der Waals surface area contributed by atoms with Gasteiger partial charge in [-0.2, -0.15) is 13.2 Å². The van der Waals surface area contributed by atoms with Crippen molar-refractivity contribution < 1.29 is 22.7 Å². The Morgan fingerprint density at radius 2 is 1.94 bits per heavy atom. The van der Waals surface area contributed by atoms with Gasteiger partial charge in [-0.3, -0.25) is 4.79 Å². The van der Waals surface area contributed by atoms with Gasteiger partial charge in [-0.25, -0.2) is 24.9 Å². The van der Waals surface area contributed by atoms with E-state index in [1.165, 1.54) is 0 Å². The van der Waals surface area contributed by atoms with Gasteiger partial charge in [-0.1, -0.05) is 0 Å². The molecule has 9 nitrogen and oxygen atoms in total. The van der Waals surface area contributed by atoms with Crippen LogP contribution in [0.15, 0.2) is 43.0 Å². The molecule has 5 rings (SSSR count). The Bertz CT molecular complexity index is 1190. The highest BCUT2D eigenvalue weighted by Gasteiger charge is 2.49. The molecule has 0 bridgehead atoms. The fraction of sp³-hybridized carbons (Fsp3) is 0.364. The van der Waals surface area contributed by atoms with Gasteiger partial charge in [0.1, 0.15) is 17.6 Å². The predicted octanol–water partition coefficient (Wildman–Crippen LogP) is 2.75. The number of halogens is 3. The highest BCUT2D eigenvalue weighted by Crippen LogP contribution is 2.36. The lowest BCUT2D eigenvalue weighted by Gasteiger charge is -2.34. The highest BCUT2D eigenvalue weighted by atomic mass is 19.4. The van der Waals surface area contributed by atoms with E-state index in [1.54, 1.807) is 42.4 Å². The van der Waals surface area contributed by atoms with Crippen LogP contribution < -0.4 is 5.32 Å². The molecule has 2 fully saturated rings. The second-order valence-corrected chi connectivity index (χ2v) is 8.15. The third kappa shape index (κ3) is 4.53. The number of hydrogen-bond donors (Lipinski definition) is 1. The second-order valence-electron chi connectivity index (χ2n) is 8.15. The molecule has 5 heterocycles. The third-order valence-electron chi connectivity index (χ3n) is 5.78. The first-order valence-corrected chi connectivity index (χ1v) is 10.6. The first kappa shape index (κ1) is 22.1. The molecule has 3 unspecified atom stereocenters. The molecule has 1 amide bonds. The number of fused-ring (bicyclic) bond motifs is 1. The van der Waals surface area contributed by atoms with Crippen molar-refractivity contribution in [3.8, 4) is 11.4 Å². The number of likely N-dealkylation sites (tertiary alicyclic amines) is 1. The number of ether oxygens (including phenoxy) is 1. The first-order valence-electron chi connectivity index (χ1n) is 10.6. The lowest BCUT2D eigenvalue weighted by Crippen LogP contribution is -2.50. The van der Waals surface area contributed by atoms with E-state index in [9.17, 15) is 18.0 Å². The second kappa shape index (κ2) is 8.60. The van der Waals surface area contributed by atoms with Crippen molar-refractivity contribution in [2.45, 2.75) is 37.8 Å². The molecule has 1 N–H and O–H groups in total. The van der Waals surface area contributed by atoms with Gasteiger partial charge >= 0.3 is 6.18 Å². The number of carbonyl (C=O) groups is 1. The molecule has 2 saturated heterocycles. The van der Waals surface area contributed by atoms with E-state index in [4.69, 9.17) is 4.74 Å². The summed E-state index contributed by atoms with van der Waals surface area (Å²) < 4.78 is 43.8. The minimum absolute atomic E-state index is 0.0349. The van der Waals surface area contributed by atoms with Crippen LogP contribution in [0, 0.1) is 6.92 Å². The zero-order chi connectivity index (χ0) is 23.9. The number of carbonyl (C=O) groups excluding carboxylic acids is 1. The van der Waals surface area contributed by atoms with E-state index in [0.717, 1.165) is 6.20 Å². The number of nitrogens with one attached hydrogen (secondary N) is 1. The number of amides is 1. The number of anilines is 1. The quantitative estimate of drug-likeness (QED) is 0.566. The summed E-state index contributed by atoms with van der Waals surface area (Å²) in [6.07, 6.45) is 0.938. The largest absolute Gasteiger partial charge is 0.434 e. The Balaban J connectivity index is 1.37. The van der Waals surface area contributed by atoms with E-state index in [2.05, 4.69) is 30.2 Å². The molecule has 176 valence electrons. The SMILES string of the molecule is Cc1ccc(-c2ncccn2)c(C(=O)N2CC3OC3CC2CNc2cnc(C(F)(F)F)cn2)n1. The molecule has 0 aromatic carbocycles. The molecule has 0 saturated carbocycles. The summed E-state index contributed by atoms with van der Waals surface area (Å²) in [6.45, 7) is 2.45. The highest BCUT2D eigenvalue weighted by molar-refractivity contribution is 5.98. The van der Waals surface area contributed by atoms with E-state index < -0.39 is 11.9 Å². The normalized spacial score (nSPS) is 21.6. The number of hydrogen-bond acceptors (Lipinski definition) is 8. The number of aromatic nitrogens is 5. The summed E-state index contributed by atoms with van der Waals surface area (Å²) in [5.41, 5.74) is 0.373. The first-order chi connectivity index (χ1) is 16.3. The summed E-state index contributed by atoms with van der Waals surface area (Å²) in [7, 11) is 0. The van der Waals surface area contributed by atoms with Crippen LogP contribution in [0.4, 0.5) is 19.0 Å². The van der Waals surface area contributed by atoms with Crippen LogP contribution in [-0.4, -0.2) is 67.1 Å². The maximum absolute atomic E-state index is 13.7. The van der Waals surface area contributed by atoms with Crippen molar-refractivity contribution in [3.05, 3.63) is 60.1 Å². The monoisotopic (exact) mass is 471 g/mol. The number of epoxide rings is 1. The van der Waals surface area contributed by atoms with Crippen molar-refractivity contribution in [2.24, 2.45) is 0 Å². The van der Waals surface area contributed by atoms with Gasteiger partial charge in [0.25, 0.3) is 5.91 Å². The maximum Gasteiger partial charge on any atom is 0.434 e. The minimum atomic E-state index is -4.56. The average molecular weight is 471 g/mol. The molecule has 0 radical (unpaired) electrons. The smallest absolute Gasteiger partial charge is 0.368 e. The molecule has 0 spiro atoms. The van der Waals surface area contributed by atoms with Crippen molar-refractivity contribution in [1.82, 2.24) is 29.8 Å². The Morgan fingerprint density at radius 3 is 2.65 bits per heavy atom. The molecular formula is C22H20F3N7O2. The number of aryl methyl sites for hydroxylation is 1.